The van der Waals surface area contributed by atoms with Gasteiger partial charge in [-0.3, -0.25) is 4.79 Å². The lowest BCUT2D eigenvalue weighted by atomic mass is 10.1. The van der Waals surface area contributed by atoms with Crippen LogP contribution in [0, 0.1) is 0 Å². The predicted octanol–water partition coefficient (Wildman–Crippen LogP) is 0.602. The van der Waals surface area contributed by atoms with Crippen LogP contribution in [0.25, 0.3) is 0 Å². The Kier molecular flexibility index (Phi) is 6.02. The van der Waals surface area contributed by atoms with Crippen molar-refractivity contribution in [3.63, 3.8) is 0 Å². The van der Waals surface area contributed by atoms with Crippen molar-refractivity contribution >= 4 is 17.5 Å². The third-order valence-electron chi connectivity index (χ3n) is 3.78. The highest BCUT2D eigenvalue weighted by Gasteiger charge is 2.23. The first kappa shape index (κ1) is 17.0. The topological polar surface area (TPSA) is 102 Å². The molecule has 122 valence electrons. The molecule has 1 atom stereocenters. The van der Waals surface area contributed by atoms with Crippen molar-refractivity contribution in [3.8, 4) is 5.75 Å². The average Bonchev–Trinajstić information content (AvgIpc) is 2.50. The van der Waals surface area contributed by atoms with Crippen molar-refractivity contribution in [1.29, 1.82) is 0 Å². The molecule has 1 fully saturated rings. The van der Waals surface area contributed by atoms with Gasteiger partial charge in [0.2, 0.25) is 0 Å². The SMILES string of the molecule is NC[C@@H](O)CN1CCC(Oc2ccc(Cl)cc2C(N)=O)CC1. The van der Waals surface area contributed by atoms with Crippen molar-refractivity contribution in [1.82, 2.24) is 4.90 Å². The number of likely N-dealkylation sites (tertiary alicyclic amines) is 1. The van der Waals surface area contributed by atoms with Gasteiger partial charge in [0, 0.05) is 31.2 Å². The number of piperidine rings is 1. The molecule has 1 amide bonds. The number of rotatable bonds is 6. The first-order chi connectivity index (χ1) is 10.5. The minimum absolute atomic E-state index is 0.0190. The van der Waals surface area contributed by atoms with Crippen LogP contribution in [0.2, 0.25) is 5.02 Å². The van der Waals surface area contributed by atoms with Gasteiger partial charge in [-0.2, -0.15) is 0 Å². The zero-order valence-corrected chi connectivity index (χ0v) is 13.1. The minimum Gasteiger partial charge on any atom is -0.489 e. The second-order valence-corrected chi connectivity index (χ2v) is 5.95. The molecule has 5 N–H and O–H groups in total. The van der Waals surface area contributed by atoms with Crippen LogP contribution in [0.5, 0.6) is 5.75 Å². The van der Waals surface area contributed by atoms with Crippen LogP contribution >= 0.6 is 11.6 Å². The van der Waals surface area contributed by atoms with Crippen molar-refractivity contribution in [2.45, 2.75) is 25.0 Å². The molecule has 1 heterocycles. The van der Waals surface area contributed by atoms with E-state index < -0.39 is 12.0 Å². The number of primary amides is 1. The Hall–Kier alpha value is -1.34. The number of aliphatic hydroxyl groups excluding tert-OH is 1. The number of hydrogen-bond donors (Lipinski definition) is 3. The van der Waals surface area contributed by atoms with E-state index in [2.05, 4.69) is 4.90 Å². The molecule has 1 aliphatic rings. The summed E-state index contributed by atoms with van der Waals surface area (Å²) in [5.41, 5.74) is 11.1. The molecular weight excluding hydrogens is 306 g/mol. The second kappa shape index (κ2) is 7.78. The van der Waals surface area contributed by atoms with Crippen molar-refractivity contribution in [2.24, 2.45) is 11.5 Å². The van der Waals surface area contributed by atoms with E-state index in [0.29, 0.717) is 22.9 Å². The van der Waals surface area contributed by atoms with E-state index in [0.717, 1.165) is 25.9 Å². The number of halogens is 1. The van der Waals surface area contributed by atoms with Gasteiger partial charge in [-0.25, -0.2) is 0 Å². The fraction of sp³-hybridized carbons (Fsp3) is 0.533. The monoisotopic (exact) mass is 327 g/mol. The van der Waals surface area contributed by atoms with Crippen LogP contribution in [0.3, 0.4) is 0 Å². The zero-order valence-electron chi connectivity index (χ0n) is 12.4. The Morgan fingerprint density at radius 2 is 2.14 bits per heavy atom. The lowest BCUT2D eigenvalue weighted by molar-refractivity contribution is 0.0634. The van der Waals surface area contributed by atoms with E-state index in [1.165, 1.54) is 6.07 Å². The Bertz CT molecular complexity index is 519. The molecule has 6 nitrogen and oxygen atoms in total. The van der Waals surface area contributed by atoms with Crippen molar-refractivity contribution < 1.29 is 14.6 Å². The van der Waals surface area contributed by atoms with Crippen LogP contribution in [0.4, 0.5) is 0 Å². The maximum Gasteiger partial charge on any atom is 0.252 e. The van der Waals surface area contributed by atoms with E-state index in [1.54, 1.807) is 12.1 Å². The van der Waals surface area contributed by atoms with Gasteiger partial charge in [0.15, 0.2) is 0 Å². The molecular formula is C15H22ClN3O3. The number of β-amino-alcohol motifs (C(OH)–C–C–N with tert-alkyl or cyclic N) is 1. The third-order valence-corrected chi connectivity index (χ3v) is 4.01. The molecule has 0 spiro atoms. The molecule has 2 rings (SSSR count). The summed E-state index contributed by atoms with van der Waals surface area (Å²) in [5, 5.41) is 10.0. The molecule has 0 radical (unpaired) electrons. The van der Waals surface area contributed by atoms with Gasteiger partial charge in [0.05, 0.1) is 11.7 Å². The molecule has 22 heavy (non-hydrogen) atoms. The number of carbonyl (C=O) groups excluding carboxylic acids is 1. The highest BCUT2D eigenvalue weighted by atomic mass is 35.5. The molecule has 0 bridgehead atoms. The van der Waals surface area contributed by atoms with Crippen LogP contribution in [-0.2, 0) is 0 Å². The number of nitrogens with zero attached hydrogens (tertiary/aromatic N) is 1. The van der Waals surface area contributed by atoms with Crippen LogP contribution < -0.4 is 16.2 Å². The lowest BCUT2D eigenvalue weighted by Gasteiger charge is -2.33. The van der Waals surface area contributed by atoms with Crippen LogP contribution in [0.15, 0.2) is 18.2 Å². The molecule has 1 aromatic rings. The Labute approximate surface area is 135 Å². The normalized spacial score (nSPS) is 18.1. The summed E-state index contributed by atoms with van der Waals surface area (Å²) < 4.78 is 5.91. The summed E-state index contributed by atoms with van der Waals surface area (Å²) in [7, 11) is 0. The van der Waals surface area contributed by atoms with Crippen LogP contribution in [0.1, 0.15) is 23.2 Å². The van der Waals surface area contributed by atoms with E-state index in [9.17, 15) is 9.90 Å². The van der Waals surface area contributed by atoms with Gasteiger partial charge in [-0.15, -0.1) is 0 Å². The van der Waals surface area contributed by atoms with Gasteiger partial charge in [-0.05, 0) is 31.0 Å². The largest absolute Gasteiger partial charge is 0.489 e. The first-order valence-electron chi connectivity index (χ1n) is 7.36. The predicted molar refractivity (Wildman–Crippen MR) is 85.1 cm³/mol. The van der Waals surface area contributed by atoms with Gasteiger partial charge in [0.25, 0.3) is 5.91 Å². The summed E-state index contributed by atoms with van der Waals surface area (Å²) in [6, 6.07) is 4.87. The Morgan fingerprint density at radius 1 is 1.45 bits per heavy atom. The summed E-state index contributed by atoms with van der Waals surface area (Å²) in [6.07, 6.45) is 1.16. The lowest BCUT2D eigenvalue weighted by Crippen LogP contribution is -2.43. The minimum atomic E-state index is -0.555. The number of carbonyl (C=O) groups is 1. The number of aliphatic hydroxyl groups is 1. The van der Waals surface area contributed by atoms with E-state index in [1.807, 2.05) is 0 Å². The maximum absolute atomic E-state index is 11.5. The average molecular weight is 328 g/mol. The maximum atomic E-state index is 11.5. The second-order valence-electron chi connectivity index (χ2n) is 5.51. The molecule has 1 aliphatic heterocycles. The molecule has 0 unspecified atom stereocenters. The fourth-order valence-electron chi connectivity index (χ4n) is 2.56. The molecule has 0 saturated carbocycles. The highest BCUT2D eigenvalue weighted by Crippen LogP contribution is 2.26. The van der Waals surface area contributed by atoms with Crippen molar-refractivity contribution in [2.75, 3.05) is 26.2 Å². The quantitative estimate of drug-likeness (QED) is 0.710. The summed E-state index contributed by atoms with van der Waals surface area (Å²) in [5.74, 6) is -0.0849. The molecule has 1 saturated heterocycles. The van der Waals surface area contributed by atoms with Gasteiger partial charge in [0.1, 0.15) is 11.9 Å². The smallest absolute Gasteiger partial charge is 0.252 e. The highest BCUT2D eigenvalue weighted by molar-refractivity contribution is 6.31. The van der Waals surface area contributed by atoms with E-state index >= 15 is 0 Å². The number of amides is 1. The van der Waals surface area contributed by atoms with Gasteiger partial charge < -0.3 is 26.2 Å². The van der Waals surface area contributed by atoms with E-state index in [4.69, 9.17) is 27.8 Å². The molecule has 1 aromatic carbocycles. The Morgan fingerprint density at radius 3 is 2.73 bits per heavy atom. The van der Waals surface area contributed by atoms with E-state index in [-0.39, 0.29) is 12.6 Å². The molecule has 0 aliphatic carbocycles. The first-order valence-corrected chi connectivity index (χ1v) is 7.74. The van der Waals surface area contributed by atoms with Crippen LogP contribution in [-0.4, -0.2) is 54.3 Å². The summed E-state index contributed by atoms with van der Waals surface area (Å²) in [4.78, 5) is 13.6. The number of ether oxygens (including phenoxy) is 1. The molecule has 7 heteroatoms. The number of hydrogen-bond acceptors (Lipinski definition) is 5. The summed E-state index contributed by atoms with van der Waals surface area (Å²) in [6.45, 7) is 2.49. The van der Waals surface area contributed by atoms with Crippen molar-refractivity contribution in [3.05, 3.63) is 28.8 Å². The summed E-state index contributed by atoms with van der Waals surface area (Å²) >= 11 is 5.88. The molecule has 0 aromatic heterocycles. The standard InChI is InChI=1S/C15H22ClN3O3/c16-10-1-2-14(13(7-10)15(18)21)22-12-3-5-19(6-4-12)9-11(20)8-17/h1-2,7,11-12,20H,3-6,8-9,17H2,(H2,18,21)/t11-/m1/s1. The Balaban J connectivity index is 1.92. The third kappa shape index (κ3) is 4.58. The fourth-order valence-corrected chi connectivity index (χ4v) is 2.73. The number of nitrogens with two attached hydrogens (primary N) is 2. The van der Waals surface area contributed by atoms with Gasteiger partial charge in [-0.1, -0.05) is 11.6 Å². The zero-order chi connectivity index (χ0) is 16.1. The van der Waals surface area contributed by atoms with Gasteiger partial charge >= 0.3 is 0 Å². The number of benzene rings is 1.